The number of benzene rings is 1. The average molecular weight is 306 g/mol. The van der Waals surface area contributed by atoms with E-state index in [0.717, 1.165) is 0 Å². The van der Waals surface area contributed by atoms with Gasteiger partial charge in [-0.3, -0.25) is 0 Å². The van der Waals surface area contributed by atoms with Crippen LogP contribution in [0.2, 0.25) is 10.0 Å². The van der Waals surface area contributed by atoms with Crippen molar-refractivity contribution in [2.24, 2.45) is 0 Å². The standard InChI is InChI=1S/C12H13Cl2NO2S/c1-3-12(4-2,8-15)18(16,17)11-7-9(13)5-6-10(11)14/h5-7H,3-4H2,1-2H3. The van der Waals surface area contributed by atoms with Crippen molar-refractivity contribution in [1.82, 2.24) is 0 Å². The van der Waals surface area contributed by atoms with Gasteiger partial charge >= 0.3 is 0 Å². The fourth-order valence-electron chi connectivity index (χ4n) is 1.74. The van der Waals surface area contributed by atoms with Crippen LogP contribution in [0, 0.1) is 11.3 Å². The van der Waals surface area contributed by atoms with Crippen molar-refractivity contribution in [3.05, 3.63) is 28.2 Å². The lowest BCUT2D eigenvalue weighted by Gasteiger charge is -2.24. The van der Waals surface area contributed by atoms with Crippen LogP contribution in [0.15, 0.2) is 23.1 Å². The highest BCUT2D eigenvalue weighted by atomic mass is 35.5. The van der Waals surface area contributed by atoms with Crippen molar-refractivity contribution < 1.29 is 8.42 Å². The van der Waals surface area contributed by atoms with Crippen molar-refractivity contribution in [3.8, 4) is 6.07 Å². The molecule has 0 heterocycles. The predicted molar refractivity (Wildman–Crippen MR) is 72.6 cm³/mol. The lowest BCUT2D eigenvalue weighted by atomic mass is 10.1. The minimum absolute atomic E-state index is 0.0816. The largest absolute Gasteiger partial charge is 0.222 e. The summed E-state index contributed by atoms with van der Waals surface area (Å²) in [5.74, 6) is 0. The molecule has 0 bridgehead atoms. The number of halogens is 2. The molecule has 0 N–H and O–H groups in total. The molecule has 0 radical (unpaired) electrons. The monoisotopic (exact) mass is 305 g/mol. The second kappa shape index (κ2) is 5.48. The van der Waals surface area contributed by atoms with Crippen molar-refractivity contribution in [1.29, 1.82) is 5.26 Å². The van der Waals surface area contributed by atoms with Crippen LogP contribution in [-0.4, -0.2) is 13.2 Å². The third-order valence-electron chi connectivity index (χ3n) is 3.04. The Kier molecular flexibility index (Phi) is 4.66. The number of nitriles is 1. The van der Waals surface area contributed by atoms with Gasteiger partial charge in [0.1, 0.15) is 0 Å². The molecule has 0 amide bonds. The molecule has 3 nitrogen and oxygen atoms in total. The molecule has 0 atom stereocenters. The second-order valence-corrected chi connectivity index (χ2v) is 6.96. The van der Waals surface area contributed by atoms with Crippen molar-refractivity contribution >= 4 is 33.0 Å². The van der Waals surface area contributed by atoms with E-state index in [0.29, 0.717) is 0 Å². The highest BCUT2D eigenvalue weighted by Gasteiger charge is 2.43. The zero-order chi connectivity index (χ0) is 14.0. The van der Waals surface area contributed by atoms with E-state index in [-0.39, 0.29) is 27.8 Å². The molecule has 0 unspecified atom stereocenters. The number of rotatable bonds is 4. The van der Waals surface area contributed by atoms with Crippen molar-refractivity contribution in [2.45, 2.75) is 36.3 Å². The van der Waals surface area contributed by atoms with E-state index in [9.17, 15) is 13.7 Å². The molecule has 0 spiro atoms. The van der Waals surface area contributed by atoms with Gasteiger partial charge in [-0.15, -0.1) is 0 Å². The SMILES string of the molecule is CCC(C#N)(CC)S(=O)(=O)c1cc(Cl)ccc1Cl. The van der Waals surface area contributed by atoms with Crippen LogP contribution in [0.1, 0.15) is 26.7 Å². The van der Waals surface area contributed by atoms with Gasteiger partial charge in [0.05, 0.1) is 16.0 Å². The minimum atomic E-state index is -3.84. The molecule has 0 saturated heterocycles. The van der Waals surface area contributed by atoms with Gasteiger partial charge in [-0.05, 0) is 31.0 Å². The molecule has 0 saturated carbocycles. The quantitative estimate of drug-likeness (QED) is 0.849. The average Bonchev–Trinajstić information content (AvgIpc) is 2.34. The lowest BCUT2D eigenvalue weighted by molar-refractivity contribution is 0.539. The predicted octanol–water partition coefficient (Wildman–Crippen LogP) is 3.85. The topological polar surface area (TPSA) is 57.9 Å². The summed E-state index contributed by atoms with van der Waals surface area (Å²) in [4.78, 5) is -0.0816. The first-order valence-electron chi connectivity index (χ1n) is 5.45. The minimum Gasteiger partial charge on any atom is -0.222 e. The smallest absolute Gasteiger partial charge is 0.198 e. The maximum atomic E-state index is 12.6. The summed E-state index contributed by atoms with van der Waals surface area (Å²) in [7, 11) is -3.84. The van der Waals surface area contributed by atoms with E-state index in [1.807, 2.05) is 6.07 Å². The Morgan fingerprint density at radius 2 is 1.83 bits per heavy atom. The van der Waals surface area contributed by atoms with Gasteiger partial charge in [-0.1, -0.05) is 37.0 Å². The Morgan fingerprint density at radius 3 is 2.28 bits per heavy atom. The third-order valence-corrected chi connectivity index (χ3v) is 6.33. The van der Waals surface area contributed by atoms with Gasteiger partial charge in [-0.2, -0.15) is 5.26 Å². The van der Waals surface area contributed by atoms with E-state index in [2.05, 4.69) is 0 Å². The molecular formula is C12H13Cl2NO2S. The molecule has 0 fully saturated rings. The summed E-state index contributed by atoms with van der Waals surface area (Å²) in [5, 5.41) is 9.59. The number of hydrogen-bond donors (Lipinski definition) is 0. The molecular weight excluding hydrogens is 293 g/mol. The summed E-state index contributed by atoms with van der Waals surface area (Å²) in [5.41, 5.74) is 0. The van der Waals surface area contributed by atoms with E-state index in [1.165, 1.54) is 18.2 Å². The molecule has 0 aliphatic heterocycles. The Balaban J connectivity index is 3.56. The van der Waals surface area contributed by atoms with Crippen LogP contribution >= 0.6 is 23.2 Å². The van der Waals surface area contributed by atoms with Crippen LogP contribution in [0.25, 0.3) is 0 Å². The summed E-state index contributed by atoms with van der Waals surface area (Å²) in [6.45, 7) is 3.34. The van der Waals surface area contributed by atoms with E-state index in [4.69, 9.17) is 23.2 Å². The molecule has 1 aromatic carbocycles. The number of nitrogens with zero attached hydrogens (tertiary/aromatic N) is 1. The molecule has 1 rings (SSSR count). The van der Waals surface area contributed by atoms with Crippen LogP contribution in [-0.2, 0) is 9.84 Å². The first-order valence-corrected chi connectivity index (χ1v) is 7.69. The van der Waals surface area contributed by atoms with Crippen LogP contribution in [0.4, 0.5) is 0 Å². The van der Waals surface area contributed by atoms with Gasteiger partial charge in [0, 0.05) is 5.02 Å². The molecule has 98 valence electrons. The van der Waals surface area contributed by atoms with Gasteiger partial charge in [0.2, 0.25) is 0 Å². The van der Waals surface area contributed by atoms with Crippen LogP contribution < -0.4 is 0 Å². The van der Waals surface area contributed by atoms with E-state index >= 15 is 0 Å². The van der Waals surface area contributed by atoms with Crippen LogP contribution in [0.3, 0.4) is 0 Å². The lowest BCUT2D eigenvalue weighted by Crippen LogP contribution is -2.36. The van der Waals surface area contributed by atoms with E-state index < -0.39 is 14.6 Å². The molecule has 0 aliphatic carbocycles. The third kappa shape index (κ3) is 2.35. The Hall–Kier alpha value is -0.760. The molecule has 1 aromatic rings. The van der Waals surface area contributed by atoms with E-state index in [1.54, 1.807) is 13.8 Å². The fourth-order valence-corrected chi connectivity index (χ4v) is 4.31. The van der Waals surface area contributed by atoms with Gasteiger partial charge in [0.15, 0.2) is 14.6 Å². The zero-order valence-corrected chi connectivity index (χ0v) is 12.4. The van der Waals surface area contributed by atoms with Gasteiger partial charge < -0.3 is 0 Å². The van der Waals surface area contributed by atoms with Crippen molar-refractivity contribution in [2.75, 3.05) is 0 Å². The normalized spacial score (nSPS) is 12.2. The number of sulfone groups is 1. The first-order chi connectivity index (χ1) is 8.34. The summed E-state index contributed by atoms with van der Waals surface area (Å²) >= 11 is 11.7. The number of hydrogen-bond acceptors (Lipinski definition) is 3. The Labute approximate surface area is 117 Å². The molecule has 0 aliphatic rings. The summed E-state index contributed by atoms with van der Waals surface area (Å²) in [6.07, 6.45) is 0.399. The van der Waals surface area contributed by atoms with Gasteiger partial charge in [0.25, 0.3) is 0 Å². The maximum absolute atomic E-state index is 12.6. The molecule has 0 aromatic heterocycles. The summed E-state index contributed by atoms with van der Waals surface area (Å²) in [6, 6.07) is 6.13. The van der Waals surface area contributed by atoms with Gasteiger partial charge in [-0.25, -0.2) is 8.42 Å². The van der Waals surface area contributed by atoms with Crippen molar-refractivity contribution in [3.63, 3.8) is 0 Å². The fraction of sp³-hybridized carbons (Fsp3) is 0.417. The summed E-state index contributed by atoms with van der Waals surface area (Å²) < 4.78 is 23.7. The Morgan fingerprint density at radius 1 is 1.28 bits per heavy atom. The highest BCUT2D eigenvalue weighted by Crippen LogP contribution is 2.36. The molecule has 6 heteroatoms. The second-order valence-electron chi connectivity index (χ2n) is 3.89. The van der Waals surface area contributed by atoms with Crippen LogP contribution in [0.5, 0.6) is 0 Å². The maximum Gasteiger partial charge on any atom is 0.198 e. The first kappa shape index (κ1) is 15.3. The highest BCUT2D eigenvalue weighted by molar-refractivity contribution is 7.93. The molecule has 18 heavy (non-hydrogen) atoms. The Bertz CT molecular complexity index is 587. The zero-order valence-electron chi connectivity index (χ0n) is 10.1.